The van der Waals surface area contributed by atoms with Gasteiger partial charge in [-0.3, -0.25) is 9.69 Å². The fraction of sp³-hybridized carbons (Fsp3) is 0.636. The Labute approximate surface area is 119 Å². The summed E-state index contributed by atoms with van der Waals surface area (Å²) in [4.78, 5) is 18.7. The summed E-state index contributed by atoms with van der Waals surface area (Å²) in [5.74, 6) is -0.0742. The van der Waals surface area contributed by atoms with Crippen molar-refractivity contribution in [2.24, 2.45) is 0 Å². The second-order valence-corrected chi connectivity index (χ2v) is 6.27. The summed E-state index contributed by atoms with van der Waals surface area (Å²) < 4.78 is 5.54. The third-order valence-electron chi connectivity index (χ3n) is 3.19. The van der Waals surface area contributed by atoms with Crippen molar-refractivity contribution < 1.29 is 8.58 Å². The molecule has 2 heterocycles. The molecule has 0 radical (unpaired) electrons. The Hall–Kier alpha value is -0.448. The molecule has 0 saturated carbocycles. The zero-order chi connectivity index (χ0) is 13.1. The number of hydrogen-bond acceptors (Lipinski definition) is 5. The minimum Gasteiger partial charge on any atom is -0.503 e. The second kappa shape index (κ2) is 6.13. The lowest BCUT2D eigenvalue weighted by molar-refractivity contribution is -0.114. The van der Waals surface area contributed by atoms with E-state index in [9.17, 15) is 4.79 Å². The van der Waals surface area contributed by atoms with Crippen LogP contribution >= 0.6 is 11.3 Å². The van der Waals surface area contributed by atoms with E-state index in [1.165, 1.54) is 11.8 Å². The van der Waals surface area contributed by atoms with Gasteiger partial charge in [0.05, 0.1) is 0 Å². The molecule has 7 heteroatoms. The van der Waals surface area contributed by atoms with Crippen LogP contribution < -0.4 is 5.32 Å². The number of nitrogens with one attached hydrogen (secondary N) is 1. The van der Waals surface area contributed by atoms with E-state index < -0.39 is 0 Å². The summed E-state index contributed by atoms with van der Waals surface area (Å²) >= 11 is 2.35. The van der Waals surface area contributed by atoms with Gasteiger partial charge < -0.3 is 9.11 Å². The summed E-state index contributed by atoms with van der Waals surface area (Å²) in [6.45, 7) is 5.62. The molecule has 1 aliphatic rings. The minimum absolute atomic E-state index is 0.0742. The van der Waals surface area contributed by atoms with Crippen LogP contribution in [0.15, 0.2) is 6.20 Å². The topological polar surface area (TPSA) is 54.5 Å². The van der Waals surface area contributed by atoms with Gasteiger partial charge in [-0.1, -0.05) is 0 Å². The maximum atomic E-state index is 10.9. The number of carbonyl (C=O) groups excluding carboxylic acids is 1. The van der Waals surface area contributed by atoms with E-state index in [-0.39, 0.29) is 5.91 Å². The number of aromatic nitrogens is 1. The van der Waals surface area contributed by atoms with Gasteiger partial charge in [0.25, 0.3) is 0 Å². The number of amides is 1. The van der Waals surface area contributed by atoms with E-state index in [2.05, 4.69) is 22.1 Å². The predicted molar refractivity (Wildman–Crippen MR) is 74.3 cm³/mol. The van der Waals surface area contributed by atoms with Crippen molar-refractivity contribution >= 4 is 39.0 Å². The third-order valence-corrected chi connectivity index (χ3v) is 4.76. The van der Waals surface area contributed by atoms with Crippen molar-refractivity contribution in [3.8, 4) is 0 Å². The van der Waals surface area contributed by atoms with Crippen LogP contribution in [0.4, 0.5) is 5.13 Å². The van der Waals surface area contributed by atoms with E-state index in [0.29, 0.717) is 17.3 Å². The Kier molecular flexibility index (Phi) is 4.76. The van der Waals surface area contributed by atoms with E-state index in [1.54, 1.807) is 11.3 Å². The first-order valence-corrected chi connectivity index (χ1v) is 7.71. The Morgan fingerprint density at radius 3 is 3.17 bits per heavy atom. The van der Waals surface area contributed by atoms with Gasteiger partial charge >= 0.3 is 16.6 Å². The number of thiazole rings is 1. The molecule has 1 aliphatic heterocycles. The van der Waals surface area contributed by atoms with Crippen LogP contribution in [0.1, 0.15) is 25.1 Å². The molecule has 0 bridgehead atoms. The normalized spacial score (nSPS) is 24.3. The van der Waals surface area contributed by atoms with Crippen molar-refractivity contribution in [2.45, 2.75) is 39.0 Å². The molecule has 1 fully saturated rings. The quantitative estimate of drug-likeness (QED) is 0.824. The monoisotopic (exact) mass is 283 g/mol. The van der Waals surface area contributed by atoms with Gasteiger partial charge in [0.1, 0.15) is 0 Å². The van der Waals surface area contributed by atoms with Crippen LogP contribution in [-0.2, 0) is 15.1 Å². The molecule has 2 rings (SSSR count). The molecule has 18 heavy (non-hydrogen) atoms. The van der Waals surface area contributed by atoms with Gasteiger partial charge in [-0.25, -0.2) is 4.98 Å². The Morgan fingerprint density at radius 2 is 2.56 bits per heavy atom. The molecule has 0 unspecified atom stereocenters. The van der Waals surface area contributed by atoms with Gasteiger partial charge in [0.15, 0.2) is 5.13 Å². The number of likely N-dealkylation sites (tertiary alicyclic amines) is 1. The van der Waals surface area contributed by atoms with E-state index in [4.69, 9.17) is 3.79 Å². The molecule has 1 aromatic rings. The van der Waals surface area contributed by atoms with Gasteiger partial charge in [-0.2, -0.15) is 0 Å². The standard InChI is InChI=1S/C11H16N3O2S.Al.2H/c1-7-3-9(16)5-14(7)6-10-4-12-11(17-10)13-8(2)15;;;/h4,7,9H,3,5-6H2,1-2H3,(H,12,13,15);;;/q-1;+1;;/t7-,9+;;;/m0.../s1. The zero-order valence-electron chi connectivity index (χ0n) is 11.0. The molecule has 0 aromatic carbocycles. The summed E-state index contributed by atoms with van der Waals surface area (Å²) in [5.41, 5.74) is 0. The third kappa shape index (κ3) is 3.53. The molecule has 2 atom stereocenters. The molecule has 1 N–H and O–H groups in total. The lowest BCUT2D eigenvalue weighted by Gasteiger charge is -2.19. The summed E-state index contributed by atoms with van der Waals surface area (Å²) in [6.07, 6.45) is 3.35. The highest BCUT2D eigenvalue weighted by molar-refractivity contribution is 7.15. The van der Waals surface area contributed by atoms with Crippen LogP contribution in [0.3, 0.4) is 0 Å². The van der Waals surface area contributed by atoms with Crippen LogP contribution in [0.25, 0.3) is 0 Å². The molecule has 5 nitrogen and oxygen atoms in total. The first kappa shape index (κ1) is 14.0. The first-order chi connectivity index (χ1) is 8.58. The highest BCUT2D eigenvalue weighted by Crippen LogP contribution is 2.25. The number of anilines is 1. The number of nitrogens with zero attached hydrogens (tertiary/aromatic N) is 2. The van der Waals surface area contributed by atoms with Crippen molar-refractivity contribution in [3.05, 3.63) is 11.1 Å². The van der Waals surface area contributed by atoms with Crippen LogP contribution in [-0.4, -0.2) is 51.1 Å². The van der Waals surface area contributed by atoms with Gasteiger partial charge in [-0.05, 0) is 13.3 Å². The molecule has 0 spiro atoms. The average Bonchev–Trinajstić information content (AvgIpc) is 2.86. The van der Waals surface area contributed by atoms with E-state index in [0.717, 1.165) is 36.1 Å². The molecule has 1 aromatic heterocycles. The fourth-order valence-electron chi connectivity index (χ4n) is 2.23. The highest BCUT2D eigenvalue weighted by Gasteiger charge is 2.28. The lowest BCUT2D eigenvalue weighted by Crippen LogP contribution is -2.26. The van der Waals surface area contributed by atoms with Crippen LogP contribution in [0.5, 0.6) is 0 Å². The van der Waals surface area contributed by atoms with E-state index >= 15 is 0 Å². The second-order valence-electron chi connectivity index (χ2n) is 4.68. The van der Waals surface area contributed by atoms with Crippen molar-refractivity contribution in [3.63, 3.8) is 0 Å². The van der Waals surface area contributed by atoms with E-state index in [1.807, 2.05) is 6.20 Å². The molecular formula is C11H18AlN3O2S. The maximum absolute atomic E-state index is 10.9. The van der Waals surface area contributed by atoms with Crippen LogP contribution in [0.2, 0.25) is 0 Å². The van der Waals surface area contributed by atoms with Gasteiger partial charge in [0, 0.05) is 43.2 Å². The first-order valence-electron chi connectivity index (χ1n) is 6.07. The van der Waals surface area contributed by atoms with Crippen molar-refractivity contribution in [2.75, 3.05) is 11.9 Å². The maximum Gasteiger partial charge on any atom is 0.410 e. The van der Waals surface area contributed by atoms with Gasteiger partial charge in [0.2, 0.25) is 5.91 Å². The predicted octanol–water partition coefficient (Wildman–Crippen LogP) is 0.629. The molecular weight excluding hydrogens is 265 g/mol. The summed E-state index contributed by atoms with van der Waals surface area (Å²) in [7, 11) is 0. The molecule has 98 valence electrons. The Balaban J connectivity index is 1.93. The zero-order valence-corrected chi connectivity index (χ0v) is 13.8. The fourth-order valence-corrected chi connectivity index (χ4v) is 3.45. The Bertz CT molecular complexity index is 426. The number of rotatable bonds is 4. The number of hydrogen-bond donors (Lipinski definition) is 1. The average molecular weight is 283 g/mol. The summed E-state index contributed by atoms with van der Waals surface area (Å²) in [5, 5.41) is 3.39. The minimum atomic E-state index is -0.0742. The molecule has 1 saturated heterocycles. The summed E-state index contributed by atoms with van der Waals surface area (Å²) in [6, 6.07) is 0.551. The van der Waals surface area contributed by atoms with Crippen LogP contribution in [0, 0.1) is 0 Å². The Morgan fingerprint density at radius 1 is 1.78 bits per heavy atom. The lowest BCUT2D eigenvalue weighted by atomic mass is 10.2. The molecule has 1 amide bonds. The highest BCUT2D eigenvalue weighted by atomic mass is 32.1. The number of carbonyl (C=O) groups is 1. The van der Waals surface area contributed by atoms with Crippen molar-refractivity contribution in [1.82, 2.24) is 9.88 Å². The van der Waals surface area contributed by atoms with Crippen molar-refractivity contribution in [1.29, 1.82) is 0 Å². The smallest absolute Gasteiger partial charge is 0.410 e. The SMILES string of the molecule is CC(=O)Nc1ncc(CN2C[C@H]([O][AlH2])C[C@@H]2C)s1. The molecule has 0 aliphatic carbocycles. The van der Waals surface area contributed by atoms with Gasteiger partial charge in [-0.15, -0.1) is 11.3 Å². The largest absolute Gasteiger partial charge is 0.503 e.